The lowest BCUT2D eigenvalue weighted by Crippen LogP contribution is -2.33. The Morgan fingerprint density at radius 3 is 3.00 bits per heavy atom. The average molecular weight is 166 g/mol. The molecule has 66 valence electrons. The Balaban J connectivity index is 2.14. The van der Waals surface area contributed by atoms with Gasteiger partial charge in [0.05, 0.1) is 6.04 Å². The van der Waals surface area contributed by atoms with Gasteiger partial charge in [-0.25, -0.2) is 0 Å². The second-order valence-corrected chi connectivity index (χ2v) is 3.81. The van der Waals surface area contributed by atoms with E-state index in [2.05, 4.69) is 10.5 Å². The molecule has 3 heteroatoms. The number of fused-ring (bicyclic) bond motifs is 1. The van der Waals surface area contributed by atoms with Crippen molar-refractivity contribution in [3.63, 3.8) is 0 Å². The van der Waals surface area contributed by atoms with Gasteiger partial charge in [-0.05, 0) is 26.7 Å². The third-order valence-electron chi connectivity index (χ3n) is 3.10. The van der Waals surface area contributed by atoms with Crippen molar-refractivity contribution in [1.29, 1.82) is 0 Å². The highest BCUT2D eigenvalue weighted by molar-refractivity contribution is 5.89. The van der Waals surface area contributed by atoms with Crippen LogP contribution in [0.25, 0.3) is 0 Å². The van der Waals surface area contributed by atoms with Gasteiger partial charge < -0.3 is 5.43 Å². The lowest BCUT2D eigenvalue weighted by atomic mass is 9.94. The van der Waals surface area contributed by atoms with Crippen LogP contribution >= 0.6 is 0 Å². The average Bonchev–Trinajstić information content (AvgIpc) is 2.53. The summed E-state index contributed by atoms with van der Waals surface area (Å²) in [6.07, 6.45) is 2.15. The Labute approximate surface area is 72.2 Å². The Bertz CT molecular complexity index is 247. The van der Waals surface area contributed by atoms with E-state index in [4.69, 9.17) is 0 Å². The SMILES string of the molecule is CC(=O)C1CCC2C(C)=NNC12. The molecule has 12 heavy (non-hydrogen) atoms. The van der Waals surface area contributed by atoms with Crippen LogP contribution in [-0.4, -0.2) is 17.5 Å². The van der Waals surface area contributed by atoms with Crippen LogP contribution in [0.2, 0.25) is 0 Å². The van der Waals surface area contributed by atoms with Crippen molar-refractivity contribution < 1.29 is 4.79 Å². The number of rotatable bonds is 1. The first-order valence-corrected chi connectivity index (χ1v) is 4.50. The van der Waals surface area contributed by atoms with Crippen molar-refractivity contribution in [3.05, 3.63) is 0 Å². The van der Waals surface area contributed by atoms with E-state index in [1.54, 1.807) is 6.92 Å². The zero-order valence-electron chi connectivity index (χ0n) is 7.50. The summed E-state index contributed by atoms with van der Waals surface area (Å²) in [5, 5.41) is 4.17. The van der Waals surface area contributed by atoms with E-state index in [9.17, 15) is 4.79 Å². The maximum absolute atomic E-state index is 11.2. The molecule has 0 bridgehead atoms. The third-order valence-corrected chi connectivity index (χ3v) is 3.10. The standard InChI is InChI=1S/C9H14N2O/c1-5-7-3-4-8(6(2)12)9(7)11-10-5/h7-9,11H,3-4H2,1-2H3. The summed E-state index contributed by atoms with van der Waals surface area (Å²) in [5.41, 5.74) is 4.24. The molecule has 0 radical (unpaired) electrons. The molecule has 0 aromatic heterocycles. The first-order valence-electron chi connectivity index (χ1n) is 4.50. The molecule has 1 saturated carbocycles. The molecule has 1 aliphatic carbocycles. The Morgan fingerprint density at radius 1 is 1.58 bits per heavy atom. The van der Waals surface area contributed by atoms with Crippen molar-refractivity contribution in [2.45, 2.75) is 32.7 Å². The van der Waals surface area contributed by atoms with Crippen molar-refractivity contribution >= 4 is 11.5 Å². The van der Waals surface area contributed by atoms with Gasteiger partial charge in [0, 0.05) is 17.5 Å². The van der Waals surface area contributed by atoms with Crippen LogP contribution in [0.4, 0.5) is 0 Å². The van der Waals surface area contributed by atoms with Crippen LogP contribution in [0.15, 0.2) is 5.10 Å². The molecule has 1 N–H and O–H groups in total. The lowest BCUT2D eigenvalue weighted by Gasteiger charge is -2.15. The highest BCUT2D eigenvalue weighted by Gasteiger charge is 2.42. The van der Waals surface area contributed by atoms with Crippen molar-refractivity contribution in [3.8, 4) is 0 Å². The molecular weight excluding hydrogens is 152 g/mol. The highest BCUT2D eigenvalue weighted by atomic mass is 16.1. The number of carbonyl (C=O) groups is 1. The molecule has 3 nitrogen and oxygen atoms in total. The number of hydrazone groups is 1. The molecule has 0 saturated heterocycles. The topological polar surface area (TPSA) is 41.5 Å². The molecule has 1 heterocycles. The first-order chi connectivity index (χ1) is 5.70. The number of ketones is 1. The van der Waals surface area contributed by atoms with Gasteiger partial charge in [-0.15, -0.1) is 0 Å². The van der Waals surface area contributed by atoms with Crippen LogP contribution in [0.3, 0.4) is 0 Å². The van der Waals surface area contributed by atoms with Crippen LogP contribution in [0, 0.1) is 11.8 Å². The molecule has 2 rings (SSSR count). The molecule has 3 unspecified atom stereocenters. The Hall–Kier alpha value is -0.860. The number of hydrogen-bond acceptors (Lipinski definition) is 3. The van der Waals surface area contributed by atoms with Crippen molar-refractivity contribution in [2.75, 3.05) is 0 Å². The minimum Gasteiger partial charge on any atom is -0.306 e. The number of nitrogens with zero attached hydrogens (tertiary/aromatic N) is 1. The maximum Gasteiger partial charge on any atom is 0.135 e. The van der Waals surface area contributed by atoms with Gasteiger partial charge in [0.1, 0.15) is 5.78 Å². The van der Waals surface area contributed by atoms with E-state index in [-0.39, 0.29) is 5.92 Å². The van der Waals surface area contributed by atoms with Gasteiger partial charge in [-0.3, -0.25) is 4.79 Å². The molecule has 0 aromatic carbocycles. The van der Waals surface area contributed by atoms with Gasteiger partial charge in [-0.2, -0.15) is 5.10 Å². The number of nitrogens with one attached hydrogen (secondary N) is 1. The number of carbonyl (C=O) groups excluding carboxylic acids is 1. The quantitative estimate of drug-likeness (QED) is 0.630. The summed E-state index contributed by atoms with van der Waals surface area (Å²) < 4.78 is 0. The minimum absolute atomic E-state index is 0.205. The van der Waals surface area contributed by atoms with E-state index in [1.807, 2.05) is 6.92 Å². The van der Waals surface area contributed by atoms with E-state index < -0.39 is 0 Å². The maximum atomic E-state index is 11.2. The molecule has 0 aromatic rings. The molecule has 3 atom stereocenters. The van der Waals surface area contributed by atoms with Gasteiger partial charge in [-0.1, -0.05) is 0 Å². The van der Waals surface area contributed by atoms with Gasteiger partial charge in [0.15, 0.2) is 0 Å². The smallest absolute Gasteiger partial charge is 0.135 e. The lowest BCUT2D eigenvalue weighted by molar-refractivity contribution is -0.121. The van der Waals surface area contributed by atoms with Crippen LogP contribution in [-0.2, 0) is 4.79 Å². The summed E-state index contributed by atoms with van der Waals surface area (Å²) >= 11 is 0. The normalized spacial score (nSPS) is 38.8. The van der Waals surface area contributed by atoms with Crippen molar-refractivity contribution in [1.82, 2.24) is 5.43 Å². The summed E-state index contributed by atoms with van der Waals surface area (Å²) in [6, 6.07) is 0.308. The molecule has 1 fully saturated rings. The third kappa shape index (κ3) is 0.958. The van der Waals surface area contributed by atoms with E-state index in [0.29, 0.717) is 17.7 Å². The van der Waals surface area contributed by atoms with Gasteiger partial charge >= 0.3 is 0 Å². The summed E-state index contributed by atoms with van der Waals surface area (Å²) in [7, 11) is 0. The highest BCUT2D eigenvalue weighted by Crippen LogP contribution is 2.35. The van der Waals surface area contributed by atoms with Crippen LogP contribution < -0.4 is 5.43 Å². The summed E-state index contributed by atoms with van der Waals surface area (Å²) in [6.45, 7) is 3.72. The number of Topliss-reactive ketones (excluding diaryl/α,β-unsaturated/α-hetero) is 1. The predicted octanol–water partition coefficient (Wildman–Crippen LogP) is 0.949. The van der Waals surface area contributed by atoms with Gasteiger partial charge in [0.25, 0.3) is 0 Å². The monoisotopic (exact) mass is 166 g/mol. The molecule has 2 aliphatic rings. The molecule has 0 spiro atoms. The molecule has 1 aliphatic heterocycles. The summed E-state index contributed by atoms with van der Waals surface area (Å²) in [5.74, 6) is 1.04. The Kier molecular flexibility index (Phi) is 1.67. The fourth-order valence-electron chi connectivity index (χ4n) is 2.36. The number of hydrogen-bond donors (Lipinski definition) is 1. The fourth-order valence-corrected chi connectivity index (χ4v) is 2.36. The van der Waals surface area contributed by atoms with E-state index in [1.165, 1.54) is 5.71 Å². The second kappa shape index (κ2) is 2.57. The van der Waals surface area contributed by atoms with Crippen molar-refractivity contribution in [2.24, 2.45) is 16.9 Å². The summed E-state index contributed by atoms with van der Waals surface area (Å²) in [4.78, 5) is 11.2. The fraction of sp³-hybridized carbons (Fsp3) is 0.778. The largest absolute Gasteiger partial charge is 0.306 e. The van der Waals surface area contributed by atoms with Gasteiger partial charge in [0.2, 0.25) is 0 Å². The van der Waals surface area contributed by atoms with E-state index >= 15 is 0 Å². The predicted molar refractivity (Wildman–Crippen MR) is 46.9 cm³/mol. The second-order valence-electron chi connectivity index (χ2n) is 3.81. The molecular formula is C9H14N2O. The Morgan fingerprint density at radius 2 is 2.33 bits per heavy atom. The van der Waals surface area contributed by atoms with Crippen LogP contribution in [0.5, 0.6) is 0 Å². The van der Waals surface area contributed by atoms with Crippen LogP contribution in [0.1, 0.15) is 26.7 Å². The van der Waals surface area contributed by atoms with E-state index in [0.717, 1.165) is 12.8 Å². The zero-order chi connectivity index (χ0) is 8.72. The minimum atomic E-state index is 0.205. The molecule has 0 amide bonds. The first kappa shape index (κ1) is 7.77. The zero-order valence-corrected chi connectivity index (χ0v) is 7.50.